The Morgan fingerprint density at radius 1 is 1.44 bits per heavy atom. The summed E-state index contributed by atoms with van der Waals surface area (Å²) in [5, 5.41) is 8.85. The highest BCUT2D eigenvalue weighted by atomic mass is 16.5. The minimum atomic E-state index is 0.151. The first-order valence-corrected chi connectivity index (χ1v) is 3.01. The van der Waals surface area contributed by atoms with Crippen LogP contribution in [0.25, 0.3) is 0 Å². The van der Waals surface area contributed by atoms with Gasteiger partial charge in [-0.1, -0.05) is 0 Å². The van der Waals surface area contributed by atoms with Crippen LogP contribution in [0.4, 0.5) is 0 Å². The zero-order chi connectivity index (χ0) is 6.69. The first-order chi connectivity index (χ1) is 4.30. The predicted molar refractivity (Wildman–Crippen MR) is 34.2 cm³/mol. The van der Waals surface area contributed by atoms with Gasteiger partial charge >= 0.3 is 0 Å². The summed E-state index contributed by atoms with van der Waals surface area (Å²) in [6.07, 6.45) is 0. The molecule has 0 aromatic rings. The molecule has 52 valence electrons. The van der Waals surface area contributed by atoms with E-state index >= 15 is 0 Å². The molecule has 0 bridgehead atoms. The molecule has 1 heterocycles. The van der Waals surface area contributed by atoms with Gasteiger partial charge in [0, 0.05) is 13.1 Å². The van der Waals surface area contributed by atoms with Gasteiger partial charge in [-0.05, 0) is 6.58 Å². The van der Waals surface area contributed by atoms with E-state index < -0.39 is 0 Å². The number of nitrogens with zero attached hydrogens (tertiary/aromatic N) is 1. The highest BCUT2D eigenvalue weighted by Gasteiger charge is 2.09. The van der Waals surface area contributed by atoms with Gasteiger partial charge in [0.15, 0.2) is 5.88 Å². The largest absolute Gasteiger partial charge is 0.495 e. The van der Waals surface area contributed by atoms with Crippen molar-refractivity contribution in [3.63, 3.8) is 0 Å². The second-order valence-corrected chi connectivity index (χ2v) is 2.02. The Balaban J connectivity index is 2.31. The summed E-state index contributed by atoms with van der Waals surface area (Å²) >= 11 is 0. The van der Waals surface area contributed by atoms with Gasteiger partial charge in [-0.25, -0.2) is 0 Å². The molecule has 0 radical (unpaired) electrons. The van der Waals surface area contributed by atoms with Crippen molar-refractivity contribution in [1.82, 2.24) is 4.90 Å². The quantitative estimate of drug-likeness (QED) is 0.518. The van der Waals surface area contributed by atoms with E-state index in [-0.39, 0.29) is 5.88 Å². The van der Waals surface area contributed by atoms with Gasteiger partial charge in [0.25, 0.3) is 0 Å². The normalized spacial score (nSPS) is 19.8. The standard InChI is InChI=1S/C6H11NO2/c1-6(8)7-2-4-9-5-3-7/h8H,1-5H2. The van der Waals surface area contributed by atoms with Gasteiger partial charge in [-0.3, -0.25) is 0 Å². The van der Waals surface area contributed by atoms with E-state index in [1.807, 2.05) is 0 Å². The van der Waals surface area contributed by atoms with E-state index in [0.717, 1.165) is 13.1 Å². The summed E-state index contributed by atoms with van der Waals surface area (Å²) in [4.78, 5) is 1.80. The third-order valence-electron chi connectivity index (χ3n) is 1.38. The van der Waals surface area contributed by atoms with Crippen molar-refractivity contribution in [2.75, 3.05) is 26.3 Å². The molecular weight excluding hydrogens is 118 g/mol. The van der Waals surface area contributed by atoms with Crippen LogP contribution in [0.15, 0.2) is 12.5 Å². The van der Waals surface area contributed by atoms with Crippen LogP contribution in [0, 0.1) is 0 Å². The number of aliphatic hydroxyl groups excluding tert-OH is 1. The van der Waals surface area contributed by atoms with Gasteiger partial charge < -0.3 is 14.7 Å². The molecule has 0 aromatic carbocycles. The molecule has 1 fully saturated rings. The molecule has 0 spiro atoms. The van der Waals surface area contributed by atoms with Crippen LogP contribution in [-0.4, -0.2) is 36.3 Å². The number of morpholine rings is 1. The summed E-state index contributed by atoms with van der Waals surface area (Å²) in [7, 11) is 0. The van der Waals surface area contributed by atoms with Crippen LogP contribution in [0.3, 0.4) is 0 Å². The lowest BCUT2D eigenvalue weighted by molar-refractivity contribution is 0.0321. The maximum atomic E-state index is 8.85. The minimum absolute atomic E-state index is 0.151. The van der Waals surface area contributed by atoms with Gasteiger partial charge in [0.2, 0.25) is 0 Å². The molecule has 1 rings (SSSR count). The van der Waals surface area contributed by atoms with Crippen molar-refractivity contribution >= 4 is 0 Å². The van der Waals surface area contributed by atoms with E-state index in [1.165, 1.54) is 0 Å². The Morgan fingerprint density at radius 2 is 2.00 bits per heavy atom. The van der Waals surface area contributed by atoms with Crippen LogP contribution < -0.4 is 0 Å². The van der Waals surface area contributed by atoms with Gasteiger partial charge in [-0.2, -0.15) is 0 Å². The van der Waals surface area contributed by atoms with Crippen molar-refractivity contribution in [2.24, 2.45) is 0 Å². The van der Waals surface area contributed by atoms with E-state index in [9.17, 15) is 0 Å². The second-order valence-electron chi connectivity index (χ2n) is 2.02. The van der Waals surface area contributed by atoms with E-state index in [1.54, 1.807) is 4.90 Å². The number of aliphatic hydroxyl groups is 1. The van der Waals surface area contributed by atoms with E-state index in [4.69, 9.17) is 9.84 Å². The molecule has 0 saturated carbocycles. The fraction of sp³-hybridized carbons (Fsp3) is 0.667. The van der Waals surface area contributed by atoms with Gasteiger partial charge in [0.1, 0.15) is 0 Å². The minimum Gasteiger partial charge on any atom is -0.495 e. The molecule has 0 aliphatic carbocycles. The molecule has 0 aromatic heterocycles. The fourth-order valence-electron chi connectivity index (χ4n) is 0.821. The Morgan fingerprint density at radius 3 is 2.33 bits per heavy atom. The van der Waals surface area contributed by atoms with Crippen LogP contribution in [0.5, 0.6) is 0 Å². The average Bonchev–Trinajstić information content (AvgIpc) is 1.90. The summed E-state index contributed by atoms with van der Waals surface area (Å²) in [6.45, 7) is 6.31. The summed E-state index contributed by atoms with van der Waals surface area (Å²) in [5.74, 6) is 0.151. The SMILES string of the molecule is C=C(O)N1CCOCC1. The topological polar surface area (TPSA) is 32.7 Å². The summed E-state index contributed by atoms with van der Waals surface area (Å²) in [5.41, 5.74) is 0. The Labute approximate surface area is 54.5 Å². The zero-order valence-corrected chi connectivity index (χ0v) is 5.34. The molecule has 3 heteroatoms. The average molecular weight is 129 g/mol. The summed E-state index contributed by atoms with van der Waals surface area (Å²) < 4.78 is 5.06. The maximum absolute atomic E-state index is 8.85. The van der Waals surface area contributed by atoms with Crippen LogP contribution in [-0.2, 0) is 4.74 Å². The van der Waals surface area contributed by atoms with Crippen molar-refractivity contribution < 1.29 is 9.84 Å². The van der Waals surface area contributed by atoms with Crippen molar-refractivity contribution in [2.45, 2.75) is 0 Å². The number of rotatable bonds is 1. The molecule has 0 amide bonds. The Hall–Kier alpha value is -0.700. The third kappa shape index (κ3) is 1.61. The number of hydrogen-bond acceptors (Lipinski definition) is 3. The van der Waals surface area contributed by atoms with Crippen molar-refractivity contribution in [3.05, 3.63) is 12.5 Å². The van der Waals surface area contributed by atoms with Crippen LogP contribution >= 0.6 is 0 Å². The van der Waals surface area contributed by atoms with E-state index in [2.05, 4.69) is 6.58 Å². The van der Waals surface area contributed by atoms with Crippen molar-refractivity contribution in [3.8, 4) is 0 Å². The number of hydrogen-bond donors (Lipinski definition) is 1. The Bertz CT molecular complexity index is 108. The second kappa shape index (κ2) is 2.73. The fourth-order valence-corrected chi connectivity index (χ4v) is 0.821. The lowest BCUT2D eigenvalue weighted by Gasteiger charge is -2.26. The molecule has 0 unspecified atom stereocenters. The van der Waals surface area contributed by atoms with Gasteiger partial charge in [-0.15, -0.1) is 0 Å². The lowest BCUT2D eigenvalue weighted by atomic mass is 10.4. The van der Waals surface area contributed by atoms with Crippen LogP contribution in [0.2, 0.25) is 0 Å². The van der Waals surface area contributed by atoms with Crippen molar-refractivity contribution in [1.29, 1.82) is 0 Å². The highest BCUT2D eigenvalue weighted by Crippen LogP contribution is 2.00. The number of ether oxygens (including phenoxy) is 1. The predicted octanol–water partition coefficient (Wildman–Crippen LogP) is 0.348. The molecule has 1 aliphatic rings. The highest BCUT2D eigenvalue weighted by molar-refractivity contribution is 4.81. The maximum Gasteiger partial charge on any atom is 0.179 e. The molecule has 1 aliphatic heterocycles. The third-order valence-corrected chi connectivity index (χ3v) is 1.38. The molecule has 0 atom stereocenters. The lowest BCUT2D eigenvalue weighted by Crippen LogP contribution is -2.35. The first kappa shape index (κ1) is 6.42. The molecule has 9 heavy (non-hydrogen) atoms. The summed E-state index contributed by atoms with van der Waals surface area (Å²) in [6, 6.07) is 0. The molecule has 1 N–H and O–H groups in total. The van der Waals surface area contributed by atoms with Gasteiger partial charge in [0.05, 0.1) is 13.2 Å². The van der Waals surface area contributed by atoms with E-state index in [0.29, 0.717) is 13.2 Å². The monoisotopic (exact) mass is 129 g/mol. The zero-order valence-electron chi connectivity index (χ0n) is 5.34. The smallest absolute Gasteiger partial charge is 0.179 e. The van der Waals surface area contributed by atoms with Crippen LogP contribution in [0.1, 0.15) is 0 Å². The molecule has 3 nitrogen and oxygen atoms in total. The first-order valence-electron chi connectivity index (χ1n) is 3.01. The Kier molecular flexibility index (Phi) is 1.95. The molecular formula is C6H11NO2. The molecule has 1 saturated heterocycles.